The summed E-state index contributed by atoms with van der Waals surface area (Å²) in [6.45, 7) is 13.9. The molecule has 0 saturated heterocycles. The predicted octanol–water partition coefficient (Wildman–Crippen LogP) is 9.96. The van der Waals surface area contributed by atoms with E-state index >= 15 is 0 Å². The standard InChI is InChI=1S/C33H51P/c1-23(2)26-21-30(24(3)4)33(31(22-26)25(5)6)29-19-13-14-20-32(29)34(27-15-9-7-10-16-27)28-17-11-8-12-18-28/h13-14,19-25,27-28H,7-12,15-18,34H2,1-6H3/i34D2. The van der Waals surface area contributed by atoms with Gasteiger partial charge in [0.25, 0.3) is 0 Å². The van der Waals surface area contributed by atoms with Gasteiger partial charge >= 0.3 is 215 Å². The van der Waals surface area contributed by atoms with Crippen LogP contribution in [0.1, 0.15) is 140 Å². The molecule has 0 nitrogen and oxygen atoms in total. The van der Waals surface area contributed by atoms with Crippen molar-refractivity contribution in [3.8, 4) is 11.1 Å². The van der Waals surface area contributed by atoms with Crippen molar-refractivity contribution in [3.05, 3.63) is 53.1 Å². The molecule has 2 aromatic rings. The van der Waals surface area contributed by atoms with E-state index in [-0.39, 0.29) is 11.3 Å². The van der Waals surface area contributed by atoms with Gasteiger partial charge in [0.2, 0.25) is 0 Å². The fourth-order valence-electron chi connectivity index (χ4n) is 6.59. The van der Waals surface area contributed by atoms with Crippen LogP contribution in [0.3, 0.4) is 0 Å². The van der Waals surface area contributed by atoms with Gasteiger partial charge in [-0.25, -0.2) is 0 Å². The topological polar surface area (TPSA) is 0 Å². The van der Waals surface area contributed by atoms with Crippen LogP contribution in [-0.2, 0) is 0 Å². The fourth-order valence-corrected chi connectivity index (χ4v) is 10.5. The molecule has 0 amide bonds. The van der Waals surface area contributed by atoms with Crippen molar-refractivity contribution < 1.29 is 0 Å². The molecule has 4 rings (SSSR count). The first-order chi connectivity index (χ1) is 17.0. The molecule has 2 fully saturated rings. The van der Waals surface area contributed by atoms with Crippen LogP contribution in [0, 0.1) is 0 Å². The van der Waals surface area contributed by atoms with Gasteiger partial charge in [0, 0.05) is 0 Å². The fraction of sp³-hybridized carbons (Fsp3) is 0.636. The molecule has 0 spiro atoms. The third-order valence-corrected chi connectivity index (χ3v) is 12.1. The molecule has 0 atom stereocenters. The Morgan fingerprint density at radius 3 is 1.59 bits per heavy atom. The molecule has 0 bridgehead atoms. The summed E-state index contributed by atoms with van der Waals surface area (Å²) in [5.41, 5.74) is 7.26. The van der Waals surface area contributed by atoms with Gasteiger partial charge in [0.1, 0.15) is 0 Å². The molecule has 1 heteroatoms. The van der Waals surface area contributed by atoms with Gasteiger partial charge < -0.3 is 0 Å². The minimum atomic E-state index is -3.72. The quantitative estimate of drug-likeness (QED) is 0.346. The van der Waals surface area contributed by atoms with Crippen LogP contribution in [0.4, 0.5) is 0 Å². The Hall–Kier alpha value is -1.13. The molecule has 2 aliphatic carbocycles. The van der Waals surface area contributed by atoms with E-state index < -0.39 is 7.81 Å². The normalized spacial score (nSPS) is 20.9. The summed E-state index contributed by atoms with van der Waals surface area (Å²) in [7, 11) is -3.72. The maximum absolute atomic E-state index is 10.6. The second kappa shape index (κ2) is 11.7. The third-order valence-electron chi connectivity index (χ3n) is 8.52. The van der Waals surface area contributed by atoms with Crippen LogP contribution >= 0.6 is 7.81 Å². The van der Waals surface area contributed by atoms with E-state index in [9.17, 15) is 2.56 Å². The number of benzene rings is 2. The number of hydrogen-bond acceptors (Lipinski definition) is 0. The van der Waals surface area contributed by atoms with Gasteiger partial charge in [-0.05, 0) is 0 Å². The molecule has 2 aliphatic rings. The summed E-state index contributed by atoms with van der Waals surface area (Å²) in [5, 5.41) is 1.11. The third kappa shape index (κ3) is 5.64. The first kappa shape index (κ1) is 23.3. The van der Waals surface area contributed by atoms with E-state index in [4.69, 9.17) is 0 Å². The van der Waals surface area contributed by atoms with Crippen molar-refractivity contribution >= 4 is 13.1 Å². The number of hydrogen-bond donors (Lipinski definition) is 0. The van der Waals surface area contributed by atoms with E-state index in [0.29, 0.717) is 17.8 Å². The summed E-state index contributed by atoms with van der Waals surface area (Å²) >= 11 is 0. The van der Waals surface area contributed by atoms with Crippen molar-refractivity contribution in [1.29, 1.82) is 2.56 Å². The van der Waals surface area contributed by atoms with Gasteiger partial charge in [0.15, 0.2) is 0 Å². The molecular weight excluding hydrogens is 427 g/mol. The van der Waals surface area contributed by atoms with Crippen LogP contribution < -0.4 is 5.30 Å². The molecule has 188 valence electrons. The molecule has 0 radical (unpaired) electrons. The van der Waals surface area contributed by atoms with Crippen LogP contribution in [0.25, 0.3) is 11.1 Å². The molecule has 0 aromatic heterocycles. The van der Waals surface area contributed by atoms with Gasteiger partial charge in [-0.15, -0.1) is 0 Å². The van der Waals surface area contributed by atoms with Gasteiger partial charge in [-0.1, -0.05) is 0 Å². The summed E-state index contributed by atoms with van der Waals surface area (Å²) in [6.07, 6.45) is 11.7. The Kier molecular flexibility index (Phi) is 8.04. The second-order valence-electron chi connectivity index (χ2n) is 12.0. The Morgan fingerprint density at radius 1 is 0.676 bits per heavy atom. The zero-order chi connectivity index (χ0) is 26.1. The summed E-state index contributed by atoms with van der Waals surface area (Å²) in [5.74, 6) is 1.28. The zero-order valence-corrected chi connectivity index (χ0v) is 23.8. The molecular formula is C33H51P. The predicted molar refractivity (Wildman–Crippen MR) is 157 cm³/mol. The van der Waals surface area contributed by atoms with E-state index in [1.54, 1.807) is 0 Å². The first-order valence-corrected chi connectivity index (χ1v) is 15.9. The molecule has 0 aliphatic heterocycles. The molecule has 0 unspecified atom stereocenters. The van der Waals surface area contributed by atoms with Crippen molar-refractivity contribution in [2.24, 2.45) is 0 Å². The van der Waals surface area contributed by atoms with E-state index in [0.717, 1.165) is 31.0 Å². The maximum atomic E-state index is 10.6. The van der Waals surface area contributed by atoms with E-state index in [1.807, 2.05) is 0 Å². The Balaban J connectivity index is 2.03. The Bertz CT molecular complexity index is 988. The van der Waals surface area contributed by atoms with Crippen molar-refractivity contribution in [2.75, 3.05) is 0 Å². The second-order valence-corrected chi connectivity index (χ2v) is 14.8. The van der Waals surface area contributed by atoms with Gasteiger partial charge in [-0.3, -0.25) is 0 Å². The summed E-state index contributed by atoms with van der Waals surface area (Å²) in [6, 6.07) is 13.7. The minimum absolute atomic E-state index is 0.230. The molecule has 0 heterocycles. The monoisotopic (exact) mass is 480 g/mol. The molecule has 0 N–H and O–H groups in total. The van der Waals surface area contributed by atoms with Gasteiger partial charge in [0.05, 0.1) is 0 Å². The zero-order valence-electron chi connectivity index (χ0n) is 24.9. The SMILES string of the molecule is [2H]P([2H])(c1ccccc1-c1c(C(C)C)cc(C(C)C)cc1C(C)C)(C1CCCCC1)C1CCCCC1. The Labute approximate surface area is 214 Å². The van der Waals surface area contributed by atoms with Crippen LogP contribution in [-0.4, -0.2) is 13.9 Å². The van der Waals surface area contributed by atoms with Gasteiger partial charge in [-0.2, -0.15) is 0 Å². The Morgan fingerprint density at radius 2 is 1.15 bits per heavy atom. The number of rotatable bonds is 7. The average molecular weight is 481 g/mol. The van der Waals surface area contributed by atoms with Crippen molar-refractivity contribution in [3.63, 3.8) is 0 Å². The van der Waals surface area contributed by atoms with E-state index in [2.05, 4.69) is 77.9 Å². The van der Waals surface area contributed by atoms with E-state index in [1.165, 1.54) is 66.3 Å². The first-order valence-electron chi connectivity index (χ1n) is 15.3. The van der Waals surface area contributed by atoms with Crippen LogP contribution in [0.2, 0.25) is 0 Å². The summed E-state index contributed by atoms with van der Waals surface area (Å²) in [4.78, 5) is 0. The molecule has 34 heavy (non-hydrogen) atoms. The van der Waals surface area contributed by atoms with Crippen LogP contribution in [0.15, 0.2) is 36.4 Å². The average Bonchev–Trinajstić information content (AvgIpc) is 2.89. The molecule has 2 aromatic carbocycles. The van der Waals surface area contributed by atoms with Crippen molar-refractivity contribution in [1.82, 2.24) is 0 Å². The van der Waals surface area contributed by atoms with Crippen molar-refractivity contribution in [2.45, 2.75) is 135 Å². The van der Waals surface area contributed by atoms with Crippen LogP contribution in [0.5, 0.6) is 0 Å². The summed E-state index contributed by atoms with van der Waals surface area (Å²) < 4.78 is 21.1. The molecule has 2 saturated carbocycles.